The predicted octanol–water partition coefficient (Wildman–Crippen LogP) is 0.986. The minimum absolute atomic E-state index is 0. The Morgan fingerprint density at radius 3 is 1.56 bits per heavy atom. The van der Waals surface area contributed by atoms with E-state index in [0.29, 0.717) is 0 Å². The van der Waals surface area contributed by atoms with Crippen LogP contribution in [0.15, 0.2) is 0 Å². The highest BCUT2D eigenvalue weighted by atomic mass is 35.5. The monoisotopic (exact) mass is 176 g/mol. The summed E-state index contributed by atoms with van der Waals surface area (Å²) in [4.78, 5) is 2.06. The van der Waals surface area contributed by atoms with Gasteiger partial charge in [0.2, 0.25) is 0 Å². The molecule has 0 heterocycles. The lowest BCUT2D eigenvalue weighted by Crippen LogP contribution is -2.20. The van der Waals surface area contributed by atoms with Crippen molar-refractivity contribution in [1.29, 1.82) is 0 Å². The lowest BCUT2D eigenvalue weighted by molar-refractivity contribution is 0.420. The highest BCUT2D eigenvalue weighted by Gasteiger charge is 1.79. The number of hydrogen-bond acceptors (Lipinski definition) is 2. The molecule has 4 heteroatoms. The van der Waals surface area contributed by atoms with Crippen molar-refractivity contribution < 1.29 is 0 Å². The van der Waals surface area contributed by atoms with Crippen molar-refractivity contribution in [2.24, 2.45) is 5.73 Å². The van der Waals surface area contributed by atoms with E-state index in [1.54, 1.807) is 0 Å². The van der Waals surface area contributed by atoms with Crippen molar-refractivity contribution >= 4 is 24.8 Å². The first-order valence-electron chi connectivity index (χ1n) is 2.12. The van der Waals surface area contributed by atoms with Gasteiger partial charge in [-0.15, -0.1) is 24.8 Å². The maximum Gasteiger partial charge on any atom is 0.00985 e. The number of rotatable bonds is 2. The first-order valence-corrected chi connectivity index (χ1v) is 2.12. The van der Waals surface area contributed by atoms with Crippen LogP contribution >= 0.6 is 24.8 Å². The van der Waals surface area contributed by atoms with Gasteiger partial charge < -0.3 is 10.6 Å². The minimum Gasteiger partial charge on any atom is -0.329 e. The van der Waals surface area contributed by atoms with Crippen molar-refractivity contribution in [2.75, 3.05) is 27.2 Å². The van der Waals surface area contributed by atoms with E-state index in [1.807, 2.05) is 14.1 Å². The van der Waals surface area contributed by atoms with E-state index >= 15 is 0 Å². The van der Waals surface area contributed by atoms with Gasteiger partial charge in [0, 0.05) is 13.1 Å². The molecule has 0 radical (unpaired) electrons. The Kier molecular flexibility index (Phi) is 39.8. The quantitative estimate of drug-likeness (QED) is 0.681. The van der Waals surface area contributed by atoms with Crippen LogP contribution in [0.5, 0.6) is 0 Å². The van der Waals surface area contributed by atoms with Gasteiger partial charge in [-0.2, -0.15) is 0 Å². The average Bonchev–Trinajstić information content (AvgIpc) is 1.35. The molecule has 0 aromatic heterocycles. The summed E-state index contributed by atoms with van der Waals surface area (Å²) in [7, 11) is 4.01. The zero-order valence-corrected chi connectivity index (χ0v) is 6.89. The maximum atomic E-state index is 5.19. The molecule has 0 aliphatic heterocycles. The van der Waals surface area contributed by atoms with Crippen molar-refractivity contribution in [2.45, 2.75) is 7.43 Å². The number of halogens is 2. The van der Waals surface area contributed by atoms with Crippen LogP contribution in [0.25, 0.3) is 0 Å². The summed E-state index contributed by atoms with van der Waals surface area (Å²) in [5, 5.41) is 0. The molecule has 0 unspecified atom stereocenters. The lowest BCUT2D eigenvalue weighted by Gasteiger charge is -2.03. The maximum absolute atomic E-state index is 5.19. The molecular weight excluding hydrogens is 159 g/mol. The molecule has 0 rings (SSSR count). The van der Waals surface area contributed by atoms with Gasteiger partial charge in [-0.05, 0) is 14.1 Å². The van der Waals surface area contributed by atoms with Gasteiger partial charge in [0.15, 0.2) is 0 Å². The molecule has 0 aliphatic carbocycles. The molecule has 0 saturated carbocycles. The molecule has 0 amide bonds. The molecular formula is C5H18Cl2N2. The highest BCUT2D eigenvalue weighted by molar-refractivity contribution is 5.85. The molecule has 0 atom stereocenters. The van der Waals surface area contributed by atoms with Gasteiger partial charge >= 0.3 is 0 Å². The third-order valence-electron chi connectivity index (χ3n) is 0.576. The van der Waals surface area contributed by atoms with Gasteiger partial charge in [-0.1, -0.05) is 7.43 Å². The van der Waals surface area contributed by atoms with Crippen molar-refractivity contribution in [3.05, 3.63) is 0 Å². The summed E-state index contributed by atoms with van der Waals surface area (Å²) in [6.45, 7) is 1.74. The molecule has 0 aromatic rings. The van der Waals surface area contributed by atoms with E-state index in [1.165, 1.54) is 0 Å². The fraction of sp³-hybridized carbons (Fsp3) is 1.00. The fourth-order valence-electron chi connectivity index (χ4n) is 0.258. The Labute approximate surface area is 70.6 Å². The first-order chi connectivity index (χ1) is 2.77. The summed E-state index contributed by atoms with van der Waals surface area (Å²) in [5.74, 6) is 0. The number of nitrogens with zero attached hydrogens (tertiary/aromatic N) is 1. The topological polar surface area (TPSA) is 29.3 Å². The SMILES string of the molecule is C.CN(C)CCN.Cl.Cl. The van der Waals surface area contributed by atoms with Crippen molar-refractivity contribution in [1.82, 2.24) is 4.90 Å². The lowest BCUT2D eigenvalue weighted by atomic mass is 10.6. The van der Waals surface area contributed by atoms with Crippen LogP contribution in [0.3, 0.4) is 0 Å². The fourth-order valence-corrected chi connectivity index (χ4v) is 0.258. The summed E-state index contributed by atoms with van der Waals surface area (Å²) in [6.07, 6.45) is 0. The second-order valence-electron chi connectivity index (χ2n) is 1.59. The van der Waals surface area contributed by atoms with Gasteiger partial charge in [0.25, 0.3) is 0 Å². The highest BCUT2D eigenvalue weighted by Crippen LogP contribution is 1.64. The standard InChI is InChI=1S/C4H12N2.CH4.2ClH/c1-6(2)4-3-5;;;/h3-5H2,1-2H3;1H4;2*1H. The first kappa shape index (κ1) is 22.7. The van der Waals surface area contributed by atoms with Gasteiger partial charge in [-0.3, -0.25) is 0 Å². The molecule has 0 aliphatic rings. The Morgan fingerprint density at radius 2 is 1.56 bits per heavy atom. The van der Waals surface area contributed by atoms with Gasteiger partial charge in [0.1, 0.15) is 0 Å². The van der Waals surface area contributed by atoms with E-state index in [-0.39, 0.29) is 32.2 Å². The second kappa shape index (κ2) is 15.8. The van der Waals surface area contributed by atoms with Crippen LogP contribution in [0.1, 0.15) is 7.43 Å². The van der Waals surface area contributed by atoms with Crippen LogP contribution in [0.2, 0.25) is 0 Å². The zero-order chi connectivity index (χ0) is 4.99. The van der Waals surface area contributed by atoms with Crippen LogP contribution in [-0.4, -0.2) is 32.1 Å². The third kappa shape index (κ3) is 29.3. The normalized spacial score (nSPS) is 6.67. The molecule has 62 valence electrons. The number of hydrogen-bond donors (Lipinski definition) is 1. The third-order valence-corrected chi connectivity index (χ3v) is 0.576. The van der Waals surface area contributed by atoms with Crippen LogP contribution in [0, 0.1) is 0 Å². The summed E-state index contributed by atoms with van der Waals surface area (Å²) < 4.78 is 0. The van der Waals surface area contributed by atoms with Gasteiger partial charge in [0.05, 0.1) is 0 Å². The average molecular weight is 177 g/mol. The second-order valence-corrected chi connectivity index (χ2v) is 1.59. The Hall–Kier alpha value is 0.500. The molecule has 0 fully saturated rings. The summed E-state index contributed by atoms with van der Waals surface area (Å²) >= 11 is 0. The minimum atomic E-state index is 0. The predicted molar refractivity (Wildman–Crippen MR) is 48.8 cm³/mol. The van der Waals surface area contributed by atoms with Crippen LogP contribution in [0.4, 0.5) is 0 Å². The molecule has 2 N–H and O–H groups in total. The van der Waals surface area contributed by atoms with E-state index < -0.39 is 0 Å². The number of likely N-dealkylation sites (N-methyl/N-ethyl adjacent to an activating group) is 1. The van der Waals surface area contributed by atoms with Crippen LogP contribution < -0.4 is 5.73 Å². The molecule has 0 spiro atoms. The van der Waals surface area contributed by atoms with E-state index in [9.17, 15) is 0 Å². The van der Waals surface area contributed by atoms with E-state index in [2.05, 4.69) is 4.90 Å². The Bertz CT molecular complexity index is 34.1. The Balaban J connectivity index is -0.0000000417. The summed E-state index contributed by atoms with van der Waals surface area (Å²) in [6, 6.07) is 0. The molecule has 0 aromatic carbocycles. The molecule has 9 heavy (non-hydrogen) atoms. The smallest absolute Gasteiger partial charge is 0.00985 e. The largest absolute Gasteiger partial charge is 0.329 e. The Morgan fingerprint density at radius 1 is 1.22 bits per heavy atom. The van der Waals surface area contributed by atoms with Crippen LogP contribution in [-0.2, 0) is 0 Å². The van der Waals surface area contributed by atoms with E-state index in [0.717, 1.165) is 13.1 Å². The molecule has 0 saturated heterocycles. The summed E-state index contributed by atoms with van der Waals surface area (Å²) in [5.41, 5.74) is 5.19. The van der Waals surface area contributed by atoms with E-state index in [4.69, 9.17) is 5.73 Å². The number of nitrogens with two attached hydrogens (primary N) is 1. The molecule has 2 nitrogen and oxygen atoms in total. The zero-order valence-electron chi connectivity index (χ0n) is 5.26. The molecule has 0 bridgehead atoms. The van der Waals surface area contributed by atoms with Crippen molar-refractivity contribution in [3.8, 4) is 0 Å². The van der Waals surface area contributed by atoms with Crippen molar-refractivity contribution in [3.63, 3.8) is 0 Å². The van der Waals surface area contributed by atoms with Gasteiger partial charge in [-0.25, -0.2) is 0 Å².